The van der Waals surface area contributed by atoms with E-state index in [0.717, 1.165) is 106 Å². The fourth-order valence-corrected chi connectivity index (χ4v) is 17.8. The molecule has 0 bridgehead atoms. The van der Waals surface area contributed by atoms with Gasteiger partial charge >= 0.3 is 0 Å². The maximum atomic E-state index is 6.64. The monoisotopic (exact) mass is 1410 g/mol. The first kappa shape index (κ1) is 64.4. The summed E-state index contributed by atoms with van der Waals surface area (Å²) in [5, 5.41) is 4.44. The van der Waals surface area contributed by atoms with Gasteiger partial charge in [-0.3, -0.25) is 0 Å². The van der Waals surface area contributed by atoms with Crippen LogP contribution in [0.3, 0.4) is 0 Å². The Bertz CT molecular complexity index is 6580. The molecule has 0 amide bonds. The Balaban J connectivity index is 0.000000140. The lowest BCUT2D eigenvalue weighted by atomic mass is 9.33. The molecule has 18 aromatic rings. The quantitative estimate of drug-likeness (QED) is 0.126. The Morgan fingerprint density at radius 2 is 0.600 bits per heavy atom. The Labute approximate surface area is 640 Å². The van der Waals surface area contributed by atoms with Crippen LogP contribution in [-0.2, 0) is 5.41 Å². The summed E-state index contributed by atoms with van der Waals surface area (Å²) in [5.41, 5.74) is 33.1. The molecule has 2 aromatic heterocycles. The topological polar surface area (TPSA) is 45.7 Å². The second kappa shape index (κ2) is 25.9. The minimum Gasteiger partial charge on any atom is -0.456 e. The van der Waals surface area contributed by atoms with Crippen LogP contribution < -0.4 is 62.2 Å². The Hall–Kier alpha value is -14.0. The van der Waals surface area contributed by atoms with Crippen molar-refractivity contribution in [3.8, 4) is 0 Å². The van der Waals surface area contributed by atoms with Crippen molar-refractivity contribution in [2.24, 2.45) is 0 Å². The fraction of sp³-hybridized carbons (Fsp3) is 0.0400. The highest BCUT2D eigenvalue weighted by atomic mass is 16.3. The molecule has 16 aromatic carbocycles. The average Bonchev–Trinajstić information content (AvgIpc) is 1.01. The van der Waals surface area contributed by atoms with Crippen molar-refractivity contribution in [2.75, 3.05) is 29.4 Å². The van der Waals surface area contributed by atoms with E-state index in [9.17, 15) is 0 Å². The Morgan fingerprint density at radius 1 is 0.245 bits per heavy atom. The zero-order valence-electron chi connectivity index (χ0n) is 61.0. The van der Waals surface area contributed by atoms with Crippen LogP contribution in [0.25, 0.3) is 43.9 Å². The summed E-state index contributed by atoms with van der Waals surface area (Å²) >= 11 is 0. The third-order valence-corrected chi connectivity index (χ3v) is 22.6. The number of fused-ring (bicyclic) bond motifs is 14. The van der Waals surface area contributed by atoms with Gasteiger partial charge in [-0.1, -0.05) is 233 Å². The van der Waals surface area contributed by atoms with Gasteiger partial charge in [-0.2, -0.15) is 0 Å². The smallest absolute Gasteiger partial charge is 0.252 e. The number of nitrogens with zero attached hydrogens (tertiary/aromatic N) is 6. The van der Waals surface area contributed by atoms with Crippen molar-refractivity contribution in [1.82, 2.24) is 0 Å². The highest BCUT2D eigenvalue weighted by Gasteiger charge is 2.46. The maximum Gasteiger partial charge on any atom is 0.252 e. The van der Waals surface area contributed by atoms with E-state index < -0.39 is 0 Å². The molecule has 10 heteroatoms. The molecule has 110 heavy (non-hydrogen) atoms. The lowest BCUT2D eigenvalue weighted by Gasteiger charge is -2.44. The number of hydrogen-bond donors (Lipinski definition) is 0. The van der Waals surface area contributed by atoms with Crippen molar-refractivity contribution < 1.29 is 8.83 Å². The molecule has 0 aliphatic carbocycles. The normalized spacial score (nSPS) is 12.9. The molecule has 8 nitrogen and oxygen atoms in total. The highest BCUT2D eigenvalue weighted by Crippen LogP contribution is 2.51. The predicted molar refractivity (Wildman–Crippen MR) is 464 cm³/mol. The van der Waals surface area contributed by atoms with Gasteiger partial charge in [0.05, 0.1) is 5.69 Å². The van der Waals surface area contributed by atoms with Crippen molar-refractivity contribution in [1.29, 1.82) is 0 Å². The molecule has 0 saturated heterocycles. The van der Waals surface area contributed by atoms with Gasteiger partial charge in [-0.25, -0.2) is 0 Å². The molecule has 0 fully saturated rings. The summed E-state index contributed by atoms with van der Waals surface area (Å²) in [6.07, 6.45) is 0. The summed E-state index contributed by atoms with van der Waals surface area (Å²) in [5.74, 6) is 0. The number of para-hydroxylation sites is 10. The van der Waals surface area contributed by atoms with Gasteiger partial charge in [0.15, 0.2) is 5.58 Å². The van der Waals surface area contributed by atoms with Gasteiger partial charge < -0.3 is 38.2 Å². The van der Waals surface area contributed by atoms with Crippen LogP contribution in [0.1, 0.15) is 26.3 Å². The van der Waals surface area contributed by atoms with E-state index in [1.54, 1.807) is 0 Å². The van der Waals surface area contributed by atoms with Gasteiger partial charge in [-0.15, -0.1) is 0 Å². The molecule has 22 rings (SSSR count). The lowest BCUT2D eigenvalue weighted by Crippen LogP contribution is -2.61. The number of rotatable bonds is 10. The molecule has 6 heterocycles. The van der Waals surface area contributed by atoms with Crippen LogP contribution in [0.15, 0.2) is 391 Å². The molecule has 0 saturated carbocycles. The molecule has 0 unspecified atom stereocenters. The summed E-state index contributed by atoms with van der Waals surface area (Å²) in [6, 6.07) is 138. The van der Waals surface area contributed by atoms with Crippen LogP contribution in [0.4, 0.5) is 102 Å². The molecule has 0 radical (unpaired) electrons. The van der Waals surface area contributed by atoms with Gasteiger partial charge in [0.1, 0.15) is 16.7 Å². The average molecular weight is 1410 g/mol. The van der Waals surface area contributed by atoms with Crippen LogP contribution in [-0.4, -0.2) is 13.4 Å². The minimum absolute atomic E-state index is 0.0417. The van der Waals surface area contributed by atoms with E-state index in [1.165, 1.54) is 78.2 Å². The molecular formula is C100H72B2N6O2. The maximum absolute atomic E-state index is 6.64. The number of hydrogen-bond acceptors (Lipinski definition) is 8. The SMILES string of the molecule is CC(C)(C)c1ccc(N2c3cc(N(c4ccccc4)c4ccc5oc6ccccc6c5c4)ccc3B3c4ccccc4N(c4ccccc4)c4cccc2c43)cc1.c1ccc(N2c3ccccc3B3c4ccc(N(c5ccccc5)c5cccc6c5oc5ccccc56)cc4N(c4ccccc4)c4cccc2c43)cc1. The fourth-order valence-electron chi connectivity index (χ4n) is 17.8. The van der Waals surface area contributed by atoms with Crippen LogP contribution in [0.5, 0.6) is 0 Å². The molecule has 0 spiro atoms. The van der Waals surface area contributed by atoms with E-state index >= 15 is 0 Å². The molecule has 4 aliphatic heterocycles. The van der Waals surface area contributed by atoms with Gasteiger partial charge in [-0.05, 0) is 214 Å². The van der Waals surface area contributed by atoms with E-state index in [2.05, 4.69) is 414 Å². The molecule has 520 valence electrons. The van der Waals surface area contributed by atoms with Gasteiger partial charge in [0.25, 0.3) is 13.4 Å². The summed E-state index contributed by atoms with van der Waals surface area (Å²) < 4.78 is 12.9. The number of anilines is 18. The molecule has 4 aliphatic rings. The number of benzene rings is 16. The third kappa shape index (κ3) is 10.5. The van der Waals surface area contributed by atoms with Crippen molar-refractivity contribution >= 4 is 192 Å². The van der Waals surface area contributed by atoms with Crippen LogP contribution in [0, 0.1) is 0 Å². The Morgan fingerprint density at radius 3 is 1.11 bits per heavy atom. The standard InChI is InChI=1S/C52H40BN3O.C48H32BN3O/c1-52(2,3)35-25-27-38(28-26-35)56-47-23-14-22-46-51(47)53(43-20-11-12-21-45(43)55(46)37-17-8-5-9-18-37)44-31-29-40(34-48(44)56)54(36-15-6-4-7-16-36)39-30-32-50-42(33-39)41-19-10-13-24-49(41)57-50;1-4-16-33(17-5-1)50(44-28-14-23-38-37-22-10-13-29-46(37)53-48(38)44)36-30-31-40-45(32-36)52(35-20-8-3-9-21-35)43-27-15-26-42-47(43)49(40)39-24-11-12-25-41(39)51(42)34-18-6-2-7-19-34/h4-34H,1-3H3;1-32H. The summed E-state index contributed by atoms with van der Waals surface area (Å²) in [6.45, 7) is 6.92. The second-order valence-corrected chi connectivity index (χ2v) is 29.9. The lowest BCUT2D eigenvalue weighted by molar-refractivity contribution is 0.590. The zero-order valence-corrected chi connectivity index (χ0v) is 61.0. The minimum atomic E-state index is 0.0417. The summed E-state index contributed by atoms with van der Waals surface area (Å²) in [7, 11) is 0. The largest absolute Gasteiger partial charge is 0.456 e. The van der Waals surface area contributed by atoms with Gasteiger partial charge in [0.2, 0.25) is 0 Å². The zero-order chi connectivity index (χ0) is 73.1. The Kier molecular flexibility index (Phi) is 15.2. The van der Waals surface area contributed by atoms with E-state index in [4.69, 9.17) is 8.83 Å². The van der Waals surface area contributed by atoms with Crippen molar-refractivity contribution in [3.05, 3.63) is 388 Å². The first-order valence-corrected chi connectivity index (χ1v) is 38.0. The van der Waals surface area contributed by atoms with Crippen molar-refractivity contribution in [3.63, 3.8) is 0 Å². The van der Waals surface area contributed by atoms with E-state index in [1.807, 2.05) is 18.2 Å². The first-order chi connectivity index (χ1) is 54.3. The molecular weight excluding hydrogens is 1340 g/mol. The second-order valence-electron chi connectivity index (χ2n) is 29.9. The third-order valence-electron chi connectivity index (χ3n) is 22.6. The predicted octanol–water partition coefficient (Wildman–Crippen LogP) is 23.6. The van der Waals surface area contributed by atoms with Crippen molar-refractivity contribution in [2.45, 2.75) is 26.2 Å². The first-order valence-electron chi connectivity index (χ1n) is 38.0. The van der Waals surface area contributed by atoms with E-state index in [0.29, 0.717) is 0 Å². The van der Waals surface area contributed by atoms with Gasteiger partial charge in [0, 0.05) is 118 Å². The molecule has 0 atom stereocenters. The summed E-state index contributed by atoms with van der Waals surface area (Å²) in [4.78, 5) is 14.5. The van der Waals surface area contributed by atoms with Crippen LogP contribution in [0.2, 0.25) is 0 Å². The van der Waals surface area contributed by atoms with E-state index in [-0.39, 0.29) is 18.8 Å². The number of furan rings is 2. The van der Waals surface area contributed by atoms with Crippen LogP contribution >= 0.6 is 0 Å². The molecule has 0 N–H and O–H groups in total. The highest BCUT2D eigenvalue weighted by molar-refractivity contribution is 7.01.